The highest BCUT2D eigenvalue weighted by Gasteiger charge is 2.26. The number of nitriles is 1. The fourth-order valence-electron chi connectivity index (χ4n) is 4.09. The molecule has 0 bridgehead atoms. The minimum Gasteiger partial charge on any atom is -0.339 e. The predicted molar refractivity (Wildman–Crippen MR) is 115 cm³/mol. The van der Waals surface area contributed by atoms with Crippen LogP contribution in [0, 0.1) is 22.8 Å². The number of piperazine rings is 1. The molecule has 0 unspecified atom stereocenters. The van der Waals surface area contributed by atoms with Crippen LogP contribution in [0.25, 0.3) is 0 Å². The number of hydrogen-bond acceptors (Lipinski definition) is 4. The van der Waals surface area contributed by atoms with Crippen LogP contribution in [0.5, 0.6) is 0 Å². The third-order valence-corrected chi connectivity index (χ3v) is 6.45. The van der Waals surface area contributed by atoms with Gasteiger partial charge >= 0.3 is 0 Å². The zero-order chi connectivity index (χ0) is 20.1. The molecule has 0 spiro atoms. The Kier molecular flexibility index (Phi) is 7.42. The Balaban J connectivity index is 1.54. The van der Waals surface area contributed by atoms with Gasteiger partial charge in [0, 0.05) is 39.3 Å². The van der Waals surface area contributed by atoms with E-state index in [1.165, 1.54) is 30.8 Å². The molecule has 2 fully saturated rings. The number of piperidine rings is 1. The first kappa shape index (κ1) is 21.2. The van der Waals surface area contributed by atoms with E-state index in [0.717, 1.165) is 45.2 Å². The molecular formula is C20H28Cl2N6. The van der Waals surface area contributed by atoms with Crippen molar-refractivity contribution < 1.29 is 0 Å². The van der Waals surface area contributed by atoms with Gasteiger partial charge in [-0.15, -0.1) is 0 Å². The molecule has 2 aliphatic heterocycles. The number of rotatable bonds is 4. The number of likely N-dealkylation sites (tertiary alicyclic amines) is 1. The molecule has 1 N–H and O–H groups in total. The lowest BCUT2D eigenvalue weighted by Gasteiger charge is -2.40. The summed E-state index contributed by atoms with van der Waals surface area (Å²) in [7, 11) is 0. The van der Waals surface area contributed by atoms with Crippen LogP contribution < -0.4 is 4.90 Å². The normalized spacial score (nSPS) is 21.4. The van der Waals surface area contributed by atoms with E-state index in [2.05, 4.69) is 22.9 Å². The van der Waals surface area contributed by atoms with Crippen LogP contribution in [0.2, 0.25) is 10.0 Å². The Morgan fingerprint density at radius 1 is 1.18 bits per heavy atom. The van der Waals surface area contributed by atoms with Gasteiger partial charge in [-0.1, -0.05) is 30.1 Å². The molecule has 8 heteroatoms. The Bertz CT molecular complexity index is 726. The summed E-state index contributed by atoms with van der Waals surface area (Å²) in [6, 6.07) is 4.99. The van der Waals surface area contributed by atoms with E-state index in [1.54, 1.807) is 18.2 Å². The molecule has 28 heavy (non-hydrogen) atoms. The molecular weight excluding hydrogens is 395 g/mol. The molecule has 2 saturated heterocycles. The maximum Gasteiger partial charge on any atom is 0.212 e. The van der Waals surface area contributed by atoms with Gasteiger partial charge in [0.2, 0.25) is 5.96 Å². The molecule has 3 rings (SSSR count). The van der Waals surface area contributed by atoms with Crippen LogP contribution in [0.4, 0.5) is 5.69 Å². The highest BCUT2D eigenvalue weighted by atomic mass is 35.5. The van der Waals surface area contributed by atoms with Crippen LogP contribution >= 0.6 is 23.2 Å². The minimum absolute atomic E-state index is 0.190. The Morgan fingerprint density at radius 3 is 2.57 bits per heavy atom. The lowest BCUT2D eigenvalue weighted by atomic mass is 9.97. The summed E-state index contributed by atoms with van der Waals surface area (Å²) < 4.78 is 0. The number of guanidine groups is 1. The SMILES string of the molecule is CCN1CCC[C@@H](CN2CCN(C(=N)N(C#N)c3ccc(Cl)c(Cl)c3)CC2)C1. The third kappa shape index (κ3) is 5.09. The van der Waals surface area contributed by atoms with Crippen molar-refractivity contribution in [3.63, 3.8) is 0 Å². The van der Waals surface area contributed by atoms with E-state index >= 15 is 0 Å². The van der Waals surface area contributed by atoms with Crippen molar-refractivity contribution in [1.82, 2.24) is 14.7 Å². The van der Waals surface area contributed by atoms with Gasteiger partial charge in [0.1, 0.15) is 0 Å². The molecule has 152 valence electrons. The van der Waals surface area contributed by atoms with Crippen LogP contribution in [0.1, 0.15) is 19.8 Å². The van der Waals surface area contributed by atoms with Gasteiger partial charge in [0.25, 0.3) is 0 Å². The second kappa shape index (κ2) is 9.80. The number of benzene rings is 1. The fraction of sp³-hybridized carbons (Fsp3) is 0.600. The first-order valence-corrected chi connectivity index (χ1v) is 10.7. The number of halogens is 2. The van der Waals surface area contributed by atoms with E-state index < -0.39 is 0 Å². The molecule has 1 aromatic rings. The summed E-state index contributed by atoms with van der Waals surface area (Å²) >= 11 is 12.0. The minimum atomic E-state index is 0.190. The number of nitrogens with one attached hydrogen (secondary N) is 1. The molecule has 0 radical (unpaired) electrons. The highest BCUT2D eigenvalue weighted by molar-refractivity contribution is 6.42. The molecule has 6 nitrogen and oxygen atoms in total. The van der Waals surface area contributed by atoms with E-state index in [-0.39, 0.29) is 5.96 Å². The number of hydrogen-bond donors (Lipinski definition) is 1. The van der Waals surface area contributed by atoms with Crippen molar-refractivity contribution in [2.24, 2.45) is 5.92 Å². The lowest BCUT2D eigenvalue weighted by molar-refractivity contribution is 0.112. The quantitative estimate of drug-likeness (QED) is 0.347. The van der Waals surface area contributed by atoms with Crippen LogP contribution in [0.15, 0.2) is 18.2 Å². The molecule has 1 aromatic carbocycles. The highest BCUT2D eigenvalue weighted by Crippen LogP contribution is 2.27. The van der Waals surface area contributed by atoms with Crippen molar-refractivity contribution in [3.8, 4) is 6.19 Å². The van der Waals surface area contributed by atoms with Crippen molar-refractivity contribution >= 4 is 34.8 Å². The van der Waals surface area contributed by atoms with E-state index in [1.807, 2.05) is 4.90 Å². The molecule has 0 aromatic heterocycles. The predicted octanol–water partition coefficient (Wildman–Crippen LogP) is 3.57. The van der Waals surface area contributed by atoms with Gasteiger partial charge in [0.15, 0.2) is 6.19 Å². The largest absolute Gasteiger partial charge is 0.339 e. The van der Waals surface area contributed by atoms with Crippen molar-refractivity contribution in [3.05, 3.63) is 28.2 Å². The van der Waals surface area contributed by atoms with Crippen LogP contribution in [-0.2, 0) is 0 Å². The fourth-order valence-corrected chi connectivity index (χ4v) is 4.38. The third-order valence-electron chi connectivity index (χ3n) is 5.71. The van der Waals surface area contributed by atoms with Gasteiger partial charge in [-0.2, -0.15) is 5.26 Å². The molecule has 2 aliphatic rings. The van der Waals surface area contributed by atoms with Gasteiger partial charge in [-0.3, -0.25) is 10.3 Å². The molecule has 0 saturated carbocycles. The van der Waals surface area contributed by atoms with E-state index in [4.69, 9.17) is 28.6 Å². The van der Waals surface area contributed by atoms with Gasteiger partial charge < -0.3 is 9.80 Å². The average molecular weight is 423 g/mol. The standard InChI is InChI=1S/C20H28Cl2N6/c1-2-25-7-3-4-16(13-25)14-26-8-10-27(11-9-26)20(24)28(15-23)17-5-6-18(21)19(22)12-17/h5-6,12,16,24H,2-4,7-11,13-14H2,1H3/t16-/m1/s1. The number of nitrogens with zero attached hydrogens (tertiary/aromatic N) is 5. The van der Waals surface area contributed by atoms with Gasteiger partial charge in [-0.25, -0.2) is 4.90 Å². The number of anilines is 1. The summed E-state index contributed by atoms with van der Waals surface area (Å²) in [5, 5.41) is 18.9. The summed E-state index contributed by atoms with van der Waals surface area (Å²) in [6.45, 7) is 10.3. The van der Waals surface area contributed by atoms with Crippen molar-refractivity contribution in [2.45, 2.75) is 19.8 Å². The monoisotopic (exact) mass is 422 g/mol. The molecule has 0 amide bonds. The zero-order valence-electron chi connectivity index (χ0n) is 16.4. The smallest absolute Gasteiger partial charge is 0.212 e. The second-order valence-electron chi connectivity index (χ2n) is 7.55. The van der Waals surface area contributed by atoms with Crippen molar-refractivity contribution in [2.75, 3.05) is 57.3 Å². The maximum atomic E-state index is 9.57. The topological polar surface area (TPSA) is 60.6 Å². The first-order valence-electron chi connectivity index (χ1n) is 9.95. The average Bonchev–Trinajstić information content (AvgIpc) is 2.72. The van der Waals surface area contributed by atoms with Crippen LogP contribution in [-0.4, -0.2) is 73.0 Å². The summed E-state index contributed by atoms with van der Waals surface area (Å²) in [6.07, 6.45) is 4.70. The first-order chi connectivity index (χ1) is 13.5. The van der Waals surface area contributed by atoms with Crippen LogP contribution in [0.3, 0.4) is 0 Å². The second-order valence-corrected chi connectivity index (χ2v) is 8.36. The molecule has 2 heterocycles. The molecule has 1 atom stereocenters. The summed E-state index contributed by atoms with van der Waals surface area (Å²) in [5.74, 6) is 0.932. The lowest BCUT2D eigenvalue weighted by Crippen LogP contribution is -2.53. The van der Waals surface area contributed by atoms with E-state index in [9.17, 15) is 5.26 Å². The zero-order valence-corrected chi connectivity index (χ0v) is 17.9. The Labute approximate surface area is 177 Å². The summed E-state index contributed by atoms with van der Waals surface area (Å²) in [5.41, 5.74) is 0.561. The van der Waals surface area contributed by atoms with Gasteiger partial charge in [0.05, 0.1) is 15.7 Å². The maximum absolute atomic E-state index is 9.57. The van der Waals surface area contributed by atoms with E-state index in [0.29, 0.717) is 15.7 Å². The molecule has 0 aliphatic carbocycles. The van der Waals surface area contributed by atoms with Crippen molar-refractivity contribution in [1.29, 1.82) is 10.7 Å². The van der Waals surface area contributed by atoms with Gasteiger partial charge in [-0.05, 0) is 50.0 Å². The summed E-state index contributed by atoms with van der Waals surface area (Å²) in [4.78, 5) is 8.31. The Morgan fingerprint density at radius 2 is 1.93 bits per heavy atom. The Hall–Kier alpha value is -1.52.